The second kappa shape index (κ2) is 6.12. The number of hydrogen-bond acceptors (Lipinski definition) is 3. The number of nitrogens with zero attached hydrogens (tertiary/aromatic N) is 1. The zero-order valence-corrected chi connectivity index (χ0v) is 11.0. The lowest BCUT2D eigenvalue weighted by Crippen LogP contribution is -2.36. The third-order valence-corrected chi connectivity index (χ3v) is 3.48. The zero-order valence-electron chi connectivity index (χ0n) is 9.47. The lowest BCUT2D eigenvalue weighted by Gasteiger charge is -2.11. The van der Waals surface area contributed by atoms with Crippen LogP contribution < -0.4 is 10.6 Å². The number of guanidine groups is 1. The summed E-state index contributed by atoms with van der Waals surface area (Å²) in [7, 11) is 0. The Hall–Kier alpha value is -0.930. The number of hydrogen-bond donors (Lipinski definition) is 2. The lowest BCUT2D eigenvalue weighted by molar-refractivity contribution is 0.742. The molecule has 0 aromatic heterocycles. The van der Waals surface area contributed by atoms with Crippen LogP contribution in [0, 0.1) is 0 Å². The molecule has 2 rings (SSSR count). The first-order chi connectivity index (χ1) is 8.27. The smallest absolute Gasteiger partial charge is 0.191 e. The summed E-state index contributed by atoms with van der Waals surface area (Å²) < 4.78 is 0. The van der Waals surface area contributed by atoms with Crippen molar-refractivity contribution in [3.8, 4) is 0 Å². The van der Waals surface area contributed by atoms with E-state index in [4.69, 9.17) is 23.2 Å². The van der Waals surface area contributed by atoms with Gasteiger partial charge in [-0.15, -0.1) is 0 Å². The summed E-state index contributed by atoms with van der Waals surface area (Å²) in [4.78, 5) is 4.41. The first kappa shape index (κ1) is 12.5. The Labute approximate surface area is 111 Å². The van der Waals surface area contributed by atoms with Crippen LogP contribution in [-0.2, 0) is 6.54 Å². The number of halogens is 2. The van der Waals surface area contributed by atoms with Crippen molar-refractivity contribution in [3.63, 3.8) is 0 Å². The van der Waals surface area contributed by atoms with Crippen molar-refractivity contribution in [2.45, 2.75) is 19.4 Å². The number of benzene rings is 1. The lowest BCUT2D eigenvalue weighted by atomic mass is 10.2. The van der Waals surface area contributed by atoms with E-state index in [1.807, 2.05) is 12.1 Å². The molecular weight excluding hydrogens is 257 g/mol. The normalized spacial score (nSPS) is 15.8. The Balaban J connectivity index is 1.97. The van der Waals surface area contributed by atoms with E-state index in [-0.39, 0.29) is 0 Å². The molecule has 0 saturated heterocycles. The van der Waals surface area contributed by atoms with Gasteiger partial charge in [0.05, 0.1) is 10.0 Å². The van der Waals surface area contributed by atoms with E-state index in [0.717, 1.165) is 37.5 Å². The van der Waals surface area contributed by atoms with Crippen molar-refractivity contribution in [1.82, 2.24) is 10.6 Å². The molecule has 0 atom stereocenters. The average Bonchev–Trinajstić information content (AvgIpc) is 2.59. The summed E-state index contributed by atoms with van der Waals surface area (Å²) in [6.45, 7) is 2.47. The first-order valence-corrected chi connectivity index (χ1v) is 6.48. The molecule has 1 heterocycles. The summed E-state index contributed by atoms with van der Waals surface area (Å²) in [5.74, 6) is 0.846. The maximum absolute atomic E-state index is 6.11. The highest BCUT2D eigenvalue weighted by Crippen LogP contribution is 2.25. The molecule has 1 aliphatic heterocycles. The standard InChI is InChI=1S/C12H15Cl2N3/c13-10-5-3-4-9(11(10)14)8-17-12-15-6-1-2-7-16-12/h3-5H,1-2,6-8H2,(H2,15,16,17). The van der Waals surface area contributed by atoms with E-state index in [2.05, 4.69) is 15.6 Å². The van der Waals surface area contributed by atoms with Crippen molar-refractivity contribution in [2.24, 2.45) is 4.99 Å². The topological polar surface area (TPSA) is 36.4 Å². The number of rotatable bonds is 2. The molecule has 1 aromatic carbocycles. The van der Waals surface area contributed by atoms with Gasteiger partial charge < -0.3 is 10.6 Å². The average molecular weight is 272 g/mol. The molecule has 1 aromatic rings. The predicted molar refractivity (Wildman–Crippen MR) is 72.8 cm³/mol. The fraction of sp³-hybridized carbons (Fsp3) is 0.417. The minimum Gasteiger partial charge on any atom is -0.356 e. The van der Waals surface area contributed by atoms with E-state index in [9.17, 15) is 0 Å². The Morgan fingerprint density at radius 3 is 3.06 bits per heavy atom. The molecule has 0 saturated carbocycles. The second-order valence-corrected chi connectivity index (χ2v) is 4.72. The molecule has 0 fully saturated rings. The summed E-state index contributed by atoms with van der Waals surface area (Å²) in [6.07, 6.45) is 2.29. The van der Waals surface area contributed by atoms with Gasteiger partial charge in [0.2, 0.25) is 0 Å². The van der Waals surface area contributed by atoms with Gasteiger partial charge in [0.25, 0.3) is 0 Å². The van der Waals surface area contributed by atoms with E-state index in [1.165, 1.54) is 0 Å². The van der Waals surface area contributed by atoms with Gasteiger partial charge in [0.15, 0.2) is 5.96 Å². The summed E-state index contributed by atoms with van der Waals surface area (Å²) >= 11 is 12.1. The van der Waals surface area contributed by atoms with Gasteiger partial charge >= 0.3 is 0 Å². The maximum atomic E-state index is 6.11. The van der Waals surface area contributed by atoms with Gasteiger partial charge in [-0.3, -0.25) is 4.99 Å². The van der Waals surface area contributed by atoms with Crippen LogP contribution in [0.5, 0.6) is 0 Å². The van der Waals surface area contributed by atoms with Crippen molar-refractivity contribution in [3.05, 3.63) is 33.8 Å². The van der Waals surface area contributed by atoms with Gasteiger partial charge in [-0.1, -0.05) is 35.3 Å². The molecule has 5 heteroatoms. The van der Waals surface area contributed by atoms with Gasteiger partial charge in [-0.05, 0) is 24.5 Å². The van der Waals surface area contributed by atoms with E-state index < -0.39 is 0 Å². The Morgan fingerprint density at radius 2 is 2.18 bits per heavy atom. The first-order valence-electron chi connectivity index (χ1n) is 5.72. The molecular formula is C12H15Cl2N3. The van der Waals surface area contributed by atoms with Gasteiger partial charge in [0, 0.05) is 19.6 Å². The quantitative estimate of drug-likeness (QED) is 0.868. The zero-order chi connectivity index (χ0) is 12.1. The molecule has 2 N–H and O–H groups in total. The van der Waals surface area contributed by atoms with Crippen molar-refractivity contribution in [1.29, 1.82) is 0 Å². The van der Waals surface area contributed by atoms with Crippen LogP contribution >= 0.6 is 23.2 Å². The fourth-order valence-corrected chi connectivity index (χ4v) is 2.06. The molecule has 0 aliphatic carbocycles. The summed E-state index contributed by atoms with van der Waals surface area (Å²) in [6, 6.07) is 5.64. The SMILES string of the molecule is Clc1cccc(CNC2=NCCCCN2)c1Cl. The van der Waals surface area contributed by atoms with Crippen LogP contribution in [0.3, 0.4) is 0 Å². The molecule has 92 valence electrons. The largest absolute Gasteiger partial charge is 0.356 e. The third-order valence-electron chi connectivity index (χ3n) is 2.63. The fourth-order valence-electron chi connectivity index (χ4n) is 1.67. The highest BCUT2D eigenvalue weighted by atomic mass is 35.5. The Kier molecular flexibility index (Phi) is 4.51. The molecule has 0 unspecified atom stereocenters. The maximum Gasteiger partial charge on any atom is 0.191 e. The van der Waals surface area contributed by atoms with Crippen LogP contribution in [-0.4, -0.2) is 19.0 Å². The van der Waals surface area contributed by atoms with Gasteiger partial charge in [-0.2, -0.15) is 0 Å². The van der Waals surface area contributed by atoms with Crippen molar-refractivity contribution < 1.29 is 0 Å². The van der Waals surface area contributed by atoms with Gasteiger partial charge in [-0.25, -0.2) is 0 Å². The van der Waals surface area contributed by atoms with Crippen LogP contribution in [0.15, 0.2) is 23.2 Å². The minimum absolute atomic E-state index is 0.585. The van der Waals surface area contributed by atoms with E-state index >= 15 is 0 Å². The molecule has 0 spiro atoms. The Bertz CT molecular complexity index is 418. The number of nitrogens with one attached hydrogen (secondary N) is 2. The minimum atomic E-state index is 0.585. The third kappa shape index (κ3) is 3.51. The monoisotopic (exact) mass is 271 g/mol. The predicted octanol–water partition coefficient (Wildman–Crippen LogP) is 2.82. The summed E-state index contributed by atoms with van der Waals surface area (Å²) in [5.41, 5.74) is 0.980. The van der Waals surface area contributed by atoms with Gasteiger partial charge in [0.1, 0.15) is 0 Å². The highest BCUT2D eigenvalue weighted by Gasteiger charge is 2.06. The molecule has 1 aliphatic rings. The van der Waals surface area contributed by atoms with E-state index in [0.29, 0.717) is 16.6 Å². The molecule has 0 amide bonds. The molecule has 17 heavy (non-hydrogen) atoms. The van der Waals surface area contributed by atoms with E-state index in [1.54, 1.807) is 6.07 Å². The number of aliphatic imine (C=N–C) groups is 1. The van der Waals surface area contributed by atoms with Crippen molar-refractivity contribution >= 4 is 29.2 Å². The second-order valence-electron chi connectivity index (χ2n) is 3.93. The van der Waals surface area contributed by atoms with Crippen LogP contribution in [0.1, 0.15) is 18.4 Å². The molecule has 3 nitrogen and oxygen atoms in total. The van der Waals surface area contributed by atoms with Crippen LogP contribution in [0.4, 0.5) is 0 Å². The van der Waals surface area contributed by atoms with Crippen LogP contribution in [0.2, 0.25) is 10.0 Å². The molecule has 0 radical (unpaired) electrons. The summed E-state index contributed by atoms with van der Waals surface area (Å²) in [5, 5.41) is 7.68. The van der Waals surface area contributed by atoms with Crippen molar-refractivity contribution in [2.75, 3.05) is 13.1 Å². The van der Waals surface area contributed by atoms with Crippen LogP contribution in [0.25, 0.3) is 0 Å². The molecule has 0 bridgehead atoms. The Morgan fingerprint density at radius 1 is 1.29 bits per heavy atom. The highest BCUT2D eigenvalue weighted by molar-refractivity contribution is 6.42.